The highest BCUT2D eigenvalue weighted by molar-refractivity contribution is 5.52. The minimum absolute atomic E-state index is 0.218. The molecule has 1 atom stereocenters. The van der Waals surface area contributed by atoms with E-state index in [1.54, 1.807) is 0 Å². The van der Waals surface area contributed by atoms with Gasteiger partial charge < -0.3 is 9.59 Å². The number of carbonyl (C=O) groups excluding carboxylic acids is 2. The number of rotatable bonds is 13. The first-order chi connectivity index (χ1) is 10.6. The predicted octanol–water partition coefficient (Wildman–Crippen LogP) is 6.06. The summed E-state index contributed by atoms with van der Waals surface area (Å²) >= 11 is 0. The van der Waals surface area contributed by atoms with Crippen LogP contribution in [-0.4, -0.2) is 12.6 Å². The molecule has 0 aliphatic heterocycles. The molecule has 0 heterocycles. The van der Waals surface area contributed by atoms with Gasteiger partial charge in [0.15, 0.2) is 0 Å². The Morgan fingerprint density at radius 1 is 0.909 bits per heavy atom. The van der Waals surface area contributed by atoms with Crippen LogP contribution < -0.4 is 0 Å². The third kappa shape index (κ3) is 23.9. The van der Waals surface area contributed by atoms with E-state index < -0.39 is 0 Å². The second kappa shape index (κ2) is 19.8. The molecule has 1 unspecified atom stereocenters. The number of allylic oxidation sites excluding steroid dienone is 3. The summed E-state index contributed by atoms with van der Waals surface area (Å²) in [4.78, 5) is 20.1. The molecule has 0 fully saturated rings. The molecule has 2 nitrogen and oxygen atoms in total. The highest BCUT2D eigenvalue weighted by atomic mass is 16.1. The lowest BCUT2D eigenvalue weighted by molar-refractivity contribution is -0.110. The SMILES string of the molecule is C=CCCCCCCCCC=O.CC(C)=CCCC(C)C=O. The van der Waals surface area contributed by atoms with E-state index in [4.69, 9.17) is 0 Å². The second-order valence-electron chi connectivity index (χ2n) is 6.13. The van der Waals surface area contributed by atoms with Crippen molar-refractivity contribution in [3.63, 3.8) is 0 Å². The zero-order valence-electron chi connectivity index (χ0n) is 15.0. The molecule has 0 rings (SSSR count). The third-order valence-electron chi connectivity index (χ3n) is 3.39. The summed E-state index contributed by atoms with van der Waals surface area (Å²) in [6.07, 6.45) is 17.5. The van der Waals surface area contributed by atoms with Crippen molar-refractivity contribution in [1.29, 1.82) is 0 Å². The van der Waals surface area contributed by atoms with E-state index in [-0.39, 0.29) is 5.92 Å². The quantitative estimate of drug-likeness (QED) is 0.235. The van der Waals surface area contributed by atoms with E-state index in [2.05, 4.69) is 26.5 Å². The lowest BCUT2D eigenvalue weighted by Gasteiger charge is -1.98. The molecule has 0 aromatic rings. The molecule has 0 spiro atoms. The van der Waals surface area contributed by atoms with Crippen molar-refractivity contribution in [3.05, 3.63) is 24.3 Å². The lowest BCUT2D eigenvalue weighted by Crippen LogP contribution is -1.93. The first kappa shape index (κ1) is 23.1. The fraction of sp³-hybridized carbons (Fsp3) is 0.700. The summed E-state index contributed by atoms with van der Waals surface area (Å²) < 4.78 is 0. The molecule has 0 amide bonds. The minimum atomic E-state index is 0.218. The predicted molar refractivity (Wildman–Crippen MR) is 97.1 cm³/mol. The zero-order valence-corrected chi connectivity index (χ0v) is 15.0. The Morgan fingerprint density at radius 3 is 1.91 bits per heavy atom. The third-order valence-corrected chi connectivity index (χ3v) is 3.39. The Labute approximate surface area is 138 Å². The Kier molecular flexibility index (Phi) is 20.8. The Morgan fingerprint density at radius 2 is 1.45 bits per heavy atom. The summed E-state index contributed by atoms with van der Waals surface area (Å²) in [7, 11) is 0. The van der Waals surface area contributed by atoms with Gasteiger partial charge in [0.2, 0.25) is 0 Å². The average molecular weight is 309 g/mol. The lowest BCUT2D eigenvalue weighted by atomic mass is 10.1. The topological polar surface area (TPSA) is 34.1 Å². The van der Waals surface area contributed by atoms with Gasteiger partial charge in [-0.25, -0.2) is 0 Å². The Bertz CT molecular complexity index is 274. The van der Waals surface area contributed by atoms with Crippen molar-refractivity contribution in [2.45, 2.75) is 85.0 Å². The molecule has 0 saturated carbocycles. The van der Waals surface area contributed by atoms with Gasteiger partial charge in [-0.2, -0.15) is 0 Å². The van der Waals surface area contributed by atoms with Crippen molar-refractivity contribution in [3.8, 4) is 0 Å². The number of hydrogen-bond donors (Lipinski definition) is 0. The number of carbonyl (C=O) groups is 2. The molecule has 22 heavy (non-hydrogen) atoms. The molecule has 0 aliphatic rings. The van der Waals surface area contributed by atoms with Crippen LogP contribution >= 0.6 is 0 Å². The second-order valence-corrected chi connectivity index (χ2v) is 6.13. The number of aldehydes is 2. The van der Waals surface area contributed by atoms with Gasteiger partial charge in [-0.05, 0) is 46.0 Å². The van der Waals surface area contributed by atoms with Crippen LogP contribution in [0.1, 0.15) is 85.0 Å². The van der Waals surface area contributed by atoms with E-state index in [0.29, 0.717) is 0 Å². The molecule has 0 radical (unpaired) electrons. The highest BCUT2D eigenvalue weighted by Gasteiger charge is 1.95. The van der Waals surface area contributed by atoms with Gasteiger partial charge in [0.25, 0.3) is 0 Å². The van der Waals surface area contributed by atoms with Crippen molar-refractivity contribution in [2.75, 3.05) is 0 Å². The van der Waals surface area contributed by atoms with Crippen LogP contribution in [0.3, 0.4) is 0 Å². The molecule has 0 bridgehead atoms. The molecule has 0 saturated heterocycles. The molecule has 2 heteroatoms. The van der Waals surface area contributed by atoms with Crippen LogP contribution in [0.4, 0.5) is 0 Å². The molecule has 0 aromatic heterocycles. The highest BCUT2D eigenvalue weighted by Crippen LogP contribution is 2.07. The molecular weight excluding hydrogens is 272 g/mol. The standard InChI is InChI=1S/C11H20O.C9H16O/c1-2-3-4-5-6-7-8-9-10-11-12;1-8(2)5-4-6-9(3)7-10/h2,11H,1,3-10H2;5,7,9H,4,6H2,1-3H3. The van der Waals surface area contributed by atoms with E-state index >= 15 is 0 Å². The maximum atomic E-state index is 10.2. The Balaban J connectivity index is 0. The first-order valence-corrected chi connectivity index (χ1v) is 8.71. The van der Waals surface area contributed by atoms with Gasteiger partial charge in [-0.3, -0.25) is 0 Å². The summed E-state index contributed by atoms with van der Waals surface area (Å²) in [5.41, 5.74) is 1.33. The average Bonchev–Trinajstić information content (AvgIpc) is 2.50. The summed E-state index contributed by atoms with van der Waals surface area (Å²) in [5.74, 6) is 0.218. The van der Waals surface area contributed by atoms with Gasteiger partial charge in [-0.15, -0.1) is 6.58 Å². The fourth-order valence-corrected chi connectivity index (χ4v) is 1.93. The van der Waals surface area contributed by atoms with Gasteiger partial charge in [0, 0.05) is 12.3 Å². The van der Waals surface area contributed by atoms with Crippen LogP contribution in [0.5, 0.6) is 0 Å². The van der Waals surface area contributed by atoms with Crippen molar-refractivity contribution >= 4 is 12.6 Å². The van der Waals surface area contributed by atoms with Crippen LogP contribution in [-0.2, 0) is 9.59 Å². The zero-order chi connectivity index (χ0) is 17.1. The maximum Gasteiger partial charge on any atom is 0.122 e. The van der Waals surface area contributed by atoms with Crippen LogP contribution in [0.15, 0.2) is 24.3 Å². The van der Waals surface area contributed by atoms with E-state index in [9.17, 15) is 9.59 Å². The van der Waals surface area contributed by atoms with Gasteiger partial charge in [-0.1, -0.05) is 50.3 Å². The molecule has 0 N–H and O–H groups in total. The van der Waals surface area contributed by atoms with Crippen molar-refractivity contribution < 1.29 is 9.59 Å². The van der Waals surface area contributed by atoms with Crippen molar-refractivity contribution in [1.82, 2.24) is 0 Å². The van der Waals surface area contributed by atoms with Gasteiger partial charge >= 0.3 is 0 Å². The van der Waals surface area contributed by atoms with Crippen LogP contribution in [0.2, 0.25) is 0 Å². The summed E-state index contributed by atoms with van der Waals surface area (Å²) in [5, 5.41) is 0. The van der Waals surface area contributed by atoms with Crippen LogP contribution in [0, 0.1) is 5.92 Å². The molecular formula is C20H36O2. The summed E-state index contributed by atoms with van der Waals surface area (Å²) in [6, 6.07) is 0. The largest absolute Gasteiger partial charge is 0.303 e. The fourth-order valence-electron chi connectivity index (χ4n) is 1.93. The molecule has 128 valence electrons. The smallest absolute Gasteiger partial charge is 0.122 e. The first-order valence-electron chi connectivity index (χ1n) is 8.71. The molecule has 0 aromatic carbocycles. The van der Waals surface area contributed by atoms with E-state index in [1.165, 1.54) is 37.7 Å². The van der Waals surface area contributed by atoms with Gasteiger partial charge in [0.1, 0.15) is 12.6 Å². The normalized spacial score (nSPS) is 10.9. The Hall–Kier alpha value is -1.18. The maximum absolute atomic E-state index is 10.2. The number of hydrogen-bond acceptors (Lipinski definition) is 2. The van der Waals surface area contributed by atoms with Crippen LogP contribution in [0.25, 0.3) is 0 Å². The number of unbranched alkanes of at least 4 members (excludes halogenated alkanes) is 7. The van der Waals surface area contributed by atoms with Gasteiger partial charge in [0.05, 0.1) is 0 Å². The van der Waals surface area contributed by atoms with E-state index in [1.807, 2.05) is 13.0 Å². The monoisotopic (exact) mass is 308 g/mol. The summed E-state index contributed by atoms with van der Waals surface area (Å²) in [6.45, 7) is 9.78. The minimum Gasteiger partial charge on any atom is -0.303 e. The van der Waals surface area contributed by atoms with Crippen molar-refractivity contribution in [2.24, 2.45) is 5.92 Å². The molecule has 0 aliphatic carbocycles. The van der Waals surface area contributed by atoms with E-state index in [0.717, 1.165) is 44.7 Å².